The average Bonchev–Trinajstić information content (AvgIpc) is 2.41. The van der Waals surface area contributed by atoms with Gasteiger partial charge >= 0.3 is 0 Å². The van der Waals surface area contributed by atoms with Gasteiger partial charge < -0.3 is 4.90 Å². The Labute approximate surface area is 80.6 Å². The molecule has 1 atom stereocenters. The van der Waals surface area contributed by atoms with Gasteiger partial charge in [0.25, 0.3) is 0 Å². The summed E-state index contributed by atoms with van der Waals surface area (Å²) >= 11 is 0. The quantitative estimate of drug-likeness (QED) is 0.599. The van der Waals surface area contributed by atoms with Crippen molar-refractivity contribution in [3.05, 3.63) is 12.7 Å². The molecule has 1 rings (SSSR count). The topological polar surface area (TPSA) is 20.3 Å². The van der Waals surface area contributed by atoms with Gasteiger partial charge in [-0.15, -0.1) is 0 Å². The number of carbonyl (C=O) groups is 1. The first kappa shape index (κ1) is 10.3. The highest BCUT2D eigenvalue weighted by atomic mass is 16.2. The monoisotopic (exact) mass is 181 g/mol. The number of likely N-dealkylation sites (tertiary alicyclic amines) is 1. The fourth-order valence-electron chi connectivity index (χ4n) is 2.01. The van der Waals surface area contributed by atoms with Gasteiger partial charge in [-0.25, -0.2) is 0 Å². The molecule has 0 bridgehead atoms. The molecule has 1 unspecified atom stereocenters. The van der Waals surface area contributed by atoms with Gasteiger partial charge in [-0.1, -0.05) is 26.3 Å². The third-order valence-corrected chi connectivity index (χ3v) is 2.81. The van der Waals surface area contributed by atoms with E-state index in [1.807, 2.05) is 4.90 Å². The maximum atomic E-state index is 11.5. The first-order valence-electron chi connectivity index (χ1n) is 5.22. The van der Waals surface area contributed by atoms with Crippen LogP contribution >= 0.6 is 0 Å². The van der Waals surface area contributed by atoms with Crippen molar-refractivity contribution in [1.29, 1.82) is 0 Å². The van der Waals surface area contributed by atoms with Crippen molar-refractivity contribution in [3.63, 3.8) is 0 Å². The molecule has 1 fully saturated rings. The molecule has 1 aliphatic heterocycles. The molecular formula is C11H19NO. The van der Waals surface area contributed by atoms with Crippen LogP contribution in [0.2, 0.25) is 0 Å². The number of rotatable bonds is 2. The largest absolute Gasteiger partial charge is 0.336 e. The lowest BCUT2D eigenvalue weighted by Gasteiger charge is -2.28. The van der Waals surface area contributed by atoms with E-state index in [9.17, 15) is 4.79 Å². The van der Waals surface area contributed by atoms with E-state index in [0.717, 1.165) is 25.8 Å². The first-order chi connectivity index (χ1) is 6.29. The van der Waals surface area contributed by atoms with E-state index in [0.29, 0.717) is 6.04 Å². The van der Waals surface area contributed by atoms with Gasteiger partial charge in [0.05, 0.1) is 0 Å². The van der Waals surface area contributed by atoms with E-state index in [4.69, 9.17) is 0 Å². The normalized spacial score (nSPS) is 23.8. The third-order valence-electron chi connectivity index (χ3n) is 2.81. The number of hydrogen-bond donors (Lipinski definition) is 0. The molecule has 1 aliphatic rings. The van der Waals surface area contributed by atoms with Crippen molar-refractivity contribution >= 4 is 5.91 Å². The molecule has 0 saturated carbocycles. The van der Waals surface area contributed by atoms with E-state index in [2.05, 4.69) is 13.5 Å². The van der Waals surface area contributed by atoms with Crippen molar-refractivity contribution in [1.82, 2.24) is 4.90 Å². The molecule has 0 aliphatic carbocycles. The lowest BCUT2D eigenvalue weighted by atomic mass is 10.1. The SMILES string of the molecule is C=CC(=O)N1CCCCCC1CC. The molecule has 0 aromatic rings. The molecule has 0 spiro atoms. The van der Waals surface area contributed by atoms with Crippen LogP contribution in [0.3, 0.4) is 0 Å². The molecular weight excluding hydrogens is 162 g/mol. The van der Waals surface area contributed by atoms with Crippen LogP contribution in [0.5, 0.6) is 0 Å². The Balaban J connectivity index is 2.64. The fourth-order valence-corrected chi connectivity index (χ4v) is 2.01. The van der Waals surface area contributed by atoms with Crippen molar-refractivity contribution in [2.24, 2.45) is 0 Å². The van der Waals surface area contributed by atoms with Crippen LogP contribution in [-0.2, 0) is 4.79 Å². The maximum Gasteiger partial charge on any atom is 0.246 e. The molecule has 0 N–H and O–H groups in total. The zero-order chi connectivity index (χ0) is 9.68. The summed E-state index contributed by atoms with van der Waals surface area (Å²) < 4.78 is 0. The van der Waals surface area contributed by atoms with Crippen LogP contribution < -0.4 is 0 Å². The average molecular weight is 181 g/mol. The number of hydrogen-bond acceptors (Lipinski definition) is 1. The Morgan fingerprint density at radius 3 is 2.92 bits per heavy atom. The molecule has 0 aromatic carbocycles. The van der Waals surface area contributed by atoms with Crippen LogP contribution in [0.15, 0.2) is 12.7 Å². The molecule has 0 aromatic heterocycles. The number of amides is 1. The summed E-state index contributed by atoms with van der Waals surface area (Å²) in [6, 6.07) is 0.452. The molecule has 2 heteroatoms. The van der Waals surface area contributed by atoms with Gasteiger partial charge in [-0.05, 0) is 25.3 Å². The summed E-state index contributed by atoms with van der Waals surface area (Å²) in [6.45, 7) is 6.62. The zero-order valence-corrected chi connectivity index (χ0v) is 8.46. The van der Waals surface area contributed by atoms with E-state index >= 15 is 0 Å². The minimum absolute atomic E-state index is 0.105. The highest BCUT2D eigenvalue weighted by Crippen LogP contribution is 2.19. The Morgan fingerprint density at radius 2 is 2.31 bits per heavy atom. The van der Waals surface area contributed by atoms with Crippen molar-refractivity contribution in [3.8, 4) is 0 Å². The lowest BCUT2D eigenvalue weighted by Crippen LogP contribution is -2.38. The molecule has 0 radical (unpaired) electrons. The van der Waals surface area contributed by atoms with Gasteiger partial charge in [-0.3, -0.25) is 4.79 Å². The molecule has 13 heavy (non-hydrogen) atoms. The predicted octanol–water partition coefficient (Wildman–Crippen LogP) is 2.35. The predicted molar refractivity (Wildman–Crippen MR) is 54.5 cm³/mol. The van der Waals surface area contributed by atoms with Gasteiger partial charge in [-0.2, -0.15) is 0 Å². The lowest BCUT2D eigenvalue weighted by molar-refractivity contribution is -0.128. The summed E-state index contributed by atoms with van der Waals surface area (Å²) in [5.41, 5.74) is 0. The second kappa shape index (κ2) is 5.05. The third kappa shape index (κ3) is 2.58. The Kier molecular flexibility index (Phi) is 4.00. The van der Waals surface area contributed by atoms with Gasteiger partial charge in [0, 0.05) is 12.6 Å². The van der Waals surface area contributed by atoms with E-state index in [1.165, 1.54) is 18.9 Å². The van der Waals surface area contributed by atoms with Crippen molar-refractivity contribution in [2.75, 3.05) is 6.54 Å². The molecule has 2 nitrogen and oxygen atoms in total. The standard InChI is InChI=1S/C11H19NO/c1-3-10-8-6-5-7-9-12(10)11(13)4-2/h4,10H,2-3,5-9H2,1H3. The number of nitrogens with zero attached hydrogens (tertiary/aromatic N) is 1. The molecule has 1 heterocycles. The summed E-state index contributed by atoms with van der Waals surface area (Å²) in [5, 5.41) is 0. The maximum absolute atomic E-state index is 11.5. The second-order valence-electron chi connectivity index (χ2n) is 3.65. The minimum atomic E-state index is 0.105. The van der Waals surface area contributed by atoms with E-state index < -0.39 is 0 Å². The summed E-state index contributed by atoms with van der Waals surface area (Å²) in [4.78, 5) is 13.5. The van der Waals surface area contributed by atoms with Gasteiger partial charge in [0.15, 0.2) is 0 Å². The van der Waals surface area contributed by atoms with Crippen LogP contribution in [0.25, 0.3) is 0 Å². The van der Waals surface area contributed by atoms with Crippen LogP contribution in [-0.4, -0.2) is 23.4 Å². The smallest absolute Gasteiger partial charge is 0.246 e. The number of carbonyl (C=O) groups excluding carboxylic acids is 1. The zero-order valence-electron chi connectivity index (χ0n) is 8.46. The molecule has 74 valence electrons. The van der Waals surface area contributed by atoms with Crippen LogP contribution in [0.1, 0.15) is 39.0 Å². The second-order valence-corrected chi connectivity index (χ2v) is 3.65. The van der Waals surface area contributed by atoms with Crippen LogP contribution in [0, 0.1) is 0 Å². The van der Waals surface area contributed by atoms with Crippen molar-refractivity contribution < 1.29 is 4.79 Å². The Morgan fingerprint density at radius 1 is 1.54 bits per heavy atom. The fraction of sp³-hybridized carbons (Fsp3) is 0.727. The first-order valence-corrected chi connectivity index (χ1v) is 5.22. The molecule has 1 saturated heterocycles. The highest BCUT2D eigenvalue weighted by molar-refractivity contribution is 5.87. The van der Waals surface area contributed by atoms with Gasteiger partial charge in [0.1, 0.15) is 0 Å². The van der Waals surface area contributed by atoms with E-state index in [-0.39, 0.29) is 5.91 Å². The van der Waals surface area contributed by atoms with Crippen LogP contribution in [0.4, 0.5) is 0 Å². The summed E-state index contributed by atoms with van der Waals surface area (Å²) in [7, 11) is 0. The Hall–Kier alpha value is -0.790. The summed E-state index contributed by atoms with van der Waals surface area (Å²) in [5.74, 6) is 0.105. The Bertz CT molecular complexity index is 189. The molecule has 1 amide bonds. The van der Waals surface area contributed by atoms with E-state index in [1.54, 1.807) is 0 Å². The van der Waals surface area contributed by atoms with Crippen molar-refractivity contribution in [2.45, 2.75) is 45.1 Å². The van der Waals surface area contributed by atoms with Gasteiger partial charge in [0.2, 0.25) is 5.91 Å². The minimum Gasteiger partial charge on any atom is -0.336 e. The summed E-state index contributed by atoms with van der Waals surface area (Å²) in [6.07, 6.45) is 7.34. The highest BCUT2D eigenvalue weighted by Gasteiger charge is 2.21.